The molecule has 0 heterocycles. The Labute approximate surface area is 135 Å². The molecule has 2 rings (SSSR count). The minimum Gasteiger partial charge on any atom is -0.295 e. The van der Waals surface area contributed by atoms with Gasteiger partial charge in [-0.3, -0.25) is 9.10 Å². The Bertz CT molecular complexity index is 804. The van der Waals surface area contributed by atoms with Crippen molar-refractivity contribution in [1.29, 1.82) is 0 Å². The Kier molecular flexibility index (Phi) is 5.15. The minimum absolute atomic E-state index is 0.0883. The first-order valence-corrected chi connectivity index (χ1v) is 8.81. The number of carbonyl (C=O) groups is 1. The molecule has 4 nitrogen and oxygen atoms in total. The fourth-order valence-corrected chi connectivity index (χ4v) is 3.24. The summed E-state index contributed by atoms with van der Waals surface area (Å²) in [5.74, 6) is -0.920. The molecule has 23 heavy (non-hydrogen) atoms. The van der Waals surface area contributed by atoms with E-state index in [-0.39, 0.29) is 29.2 Å². The number of para-hydroxylation sites is 1. The third-order valence-corrected chi connectivity index (χ3v) is 5.26. The van der Waals surface area contributed by atoms with Gasteiger partial charge < -0.3 is 0 Å². The molecule has 0 aromatic heterocycles. The van der Waals surface area contributed by atoms with E-state index in [0.29, 0.717) is 5.69 Å². The molecule has 0 aliphatic carbocycles. The molecule has 122 valence electrons. The summed E-state index contributed by atoms with van der Waals surface area (Å²) < 4.78 is 40.1. The minimum atomic E-state index is -3.56. The van der Waals surface area contributed by atoms with Gasteiger partial charge in [-0.2, -0.15) is 0 Å². The predicted octanol–water partition coefficient (Wildman–Crippen LogP) is 3.38. The zero-order valence-corrected chi connectivity index (χ0v) is 13.8. The van der Waals surface area contributed by atoms with Crippen LogP contribution in [0.2, 0.25) is 0 Å². The molecule has 0 saturated heterocycles. The smallest absolute Gasteiger partial charge is 0.235 e. The van der Waals surface area contributed by atoms with Gasteiger partial charge in [0.15, 0.2) is 5.78 Å². The first-order chi connectivity index (χ1) is 10.8. The highest BCUT2D eigenvalue weighted by Crippen LogP contribution is 2.22. The number of Topliss-reactive ketones (excluding diaryl/α,β-unsaturated/α-hetero) is 1. The predicted molar refractivity (Wildman–Crippen MR) is 88.5 cm³/mol. The molecule has 0 amide bonds. The van der Waals surface area contributed by atoms with Crippen LogP contribution in [0.15, 0.2) is 48.5 Å². The molecule has 0 aliphatic heterocycles. The quantitative estimate of drug-likeness (QED) is 0.761. The van der Waals surface area contributed by atoms with Crippen molar-refractivity contribution in [3.8, 4) is 0 Å². The van der Waals surface area contributed by atoms with E-state index in [1.165, 1.54) is 23.4 Å². The number of hydrogen-bond donors (Lipinski definition) is 0. The van der Waals surface area contributed by atoms with E-state index in [4.69, 9.17) is 0 Å². The summed E-state index contributed by atoms with van der Waals surface area (Å²) in [6.45, 7) is 2.77. The molecule has 0 bridgehead atoms. The first-order valence-electron chi connectivity index (χ1n) is 7.20. The summed E-state index contributed by atoms with van der Waals surface area (Å²) in [5, 5.41) is 0. The normalized spacial score (nSPS) is 11.3. The number of benzene rings is 2. The largest absolute Gasteiger partial charge is 0.295 e. The molecule has 0 N–H and O–H groups in total. The van der Waals surface area contributed by atoms with Crippen LogP contribution in [0.3, 0.4) is 0 Å². The molecule has 0 atom stereocenters. The molecule has 0 unspecified atom stereocenters. The Hall–Kier alpha value is -2.21. The maximum Gasteiger partial charge on any atom is 0.235 e. The van der Waals surface area contributed by atoms with E-state index in [1.54, 1.807) is 37.3 Å². The van der Waals surface area contributed by atoms with Crippen LogP contribution in [0.25, 0.3) is 0 Å². The van der Waals surface area contributed by atoms with Crippen LogP contribution < -0.4 is 4.31 Å². The van der Waals surface area contributed by atoms with Gasteiger partial charge >= 0.3 is 0 Å². The number of hydrogen-bond acceptors (Lipinski definition) is 3. The fraction of sp³-hybridized carbons (Fsp3) is 0.235. The van der Waals surface area contributed by atoms with Gasteiger partial charge in [0.2, 0.25) is 10.0 Å². The Morgan fingerprint density at radius 2 is 1.78 bits per heavy atom. The number of ketones is 1. The van der Waals surface area contributed by atoms with Gasteiger partial charge in [-0.25, -0.2) is 12.8 Å². The lowest BCUT2D eigenvalue weighted by Gasteiger charge is -2.24. The zero-order valence-electron chi connectivity index (χ0n) is 13.0. The monoisotopic (exact) mass is 335 g/mol. The Morgan fingerprint density at radius 1 is 1.13 bits per heavy atom. The Morgan fingerprint density at radius 3 is 2.30 bits per heavy atom. The van der Waals surface area contributed by atoms with Gasteiger partial charge in [-0.05, 0) is 32.0 Å². The summed E-state index contributed by atoms with van der Waals surface area (Å²) in [7, 11) is -3.56. The SMILES string of the molecule is CCS(=O)(=O)N(Cc1ccc(C(C)=O)cc1F)c1ccccc1. The van der Waals surface area contributed by atoms with Crippen molar-refractivity contribution < 1.29 is 17.6 Å². The highest BCUT2D eigenvalue weighted by atomic mass is 32.2. The number of rotatable bonds is 6. The standard InChI is InChI=1S/C17H18FNO3S/c1-3-23(21,22)19(16-7-5-4-6-8-16)12-15-10-9-14(13(2)20)11-17(15)18/h4-11H,3,12H2,1-2H3. The van der Waals surface area contributed by atoms with Crippen LogP contribution in [0.4, 0.5) is 10.1 Å². The molecule has 0 aliphatic rings. The zero-order chi connectivity index (χ0) is 17.0. The van der Waals surface area contributed by atoms with Gasteiger partial charge in [0.25, 0.3) is 0 Å². The summed E-state index contributed by atoms with van der Waals surface area (Å²) in [6.07, 6.45) is 0. The van der Waals surface area contributed by atoms with Crippen molar-refractivity contribution in [1.82, 2.24) is 0 Å². The average Bonchev–Trinajstić information content (AvgIpc) is 2.54. The summed E-state index contributed by atoms with van der Waals surface area (Å²) in [4.78, 5) is 11.3. The number of halogens is 1. The molecular formula is C17H18FNO3S. The van der Waals surface area contributed by atoms with Crippen molar-refractivity contribution in [3.05, 3.63) is 65.5 Å². The van der Waals surface area contributed by atoms with Gasteiger partial charge in [-0.1, -0.05) is 30.3 Å². The average molecular weight is 335 g/mol. The third kappa shape index (κ3) is 3.96. The maximum absolute atomic E-state index is 14.2. The van der Waals surface area contributed by atoms with Gasteiger partial charge in [0, 0.05) is 11.1 Å². The van der Waals surface area contributed by atoms with Crippen LogP contribution >= 0.6 is 0 Å². The lowest BCUT2D eigenvalue weighted by atomic mass is 10.1. The van der Waals surface area contributed by atoms with Crippen molar-refractivity contribution in [2.75, 3.05) is 10.1 Å². The van der Waals surface area contributed by atoms with E-state index in [9.17, 15) is 17.6 Å². The van der Waals surface area contributed by atoms with Crippen molar-refractivity contribution in [2.24, 2.45) is 0 Å². The van der Waals surface area contributed by atoms with Gasteiger partial charge in [-0.15, -0.1) is 0 Å². The van der Waals surface area contributed by atoms with Gasteiger partial charge in [0.1, 0.15) is 5.82 Å². The van der Waals surface area contributed by atoms with Crippen LogP contribution in [0.1, 0.15) is 29.8 Å². The number of carbonyl (C=O) groups excluding carboxylic acids is 1. The topological polar surface area (TPSA) is 54.5 Å². The van der Waals surface area contributed by atoms with E-state index in [0.717, 1.165) is 6.07 Å². The van der Waals surface area contributed by atoms with Crippen LogP contribution in [0.5, 0.6) is 0 Å². The summed E-state index contributed by atoms with van der Waals surface area (Å²) in [6, 6.07) is 12.6. The first kappa shape index (κ1) is 17.1. The van der Waals surface area contributed by atoms with Crippen LogP contribution in [-0.4, -0.2) is 20.0 Å². The van der Waals surface area contributed by atoms with Crippen molar-refractivity contribution in [2.45, 2.75) is 20.4 Å². The Balaban J connectivity index is 2.42. The molecule has 2 aromatic carbocycles. The molecule has 0 radical (unpaired) electrons. The van der Waals surface area contributed by atoms with Crippen LogP contribution in [0, 0.1) is 5.82 Å². The second kappa shape index (κ2) is 6.91. The highest BCUT2D eigenvalue weighted by Gasteiger charge is 2.22. The molecule has 0 fully saturated rings. The number of sulfonamides is 1. The second-order valence-electron chi connectivity index (χ2n) is 5.11. The van der Waals surface area contributed by atoms with Gasteiger partial charge in [0.05, 0.1) is 18.0 Å². The molecule has 0 saturated carbocycles. The van der Waals surface area contributed by atoms with E-state index < -0.39 is 15.8 Å². The van der Waals surface area contributed by atoms with E-state index >= 15 is 0 Å². The summed E-state index contributed by atoms with van der Waals surface area (Å²) >= 11 is 0. The summed E-state index contributed by atoms with van der Waals surface area (Å²) in [5.41, 5.74) is 0.955. The molecule has 0 spiro atoms. The van der Waals surface area contributed by atoms with E-state index in [1.807, 2.05) is 0 Å². The van der Waals surface area contributed by atoms with Crippen molar-refractivity contribution in [3.63, 3.8) is 0 Å². The lowest BCUT2D eigenvalue weighted by molar-refractivity contribution is 0.101. The molecule has 6 heteroatoms. The second-order valence-corrected chi connectivity index (χ2v) is 7.29. The van der Waals surface area contributed by atoms with Crippen LogP contribution in [-0.2, 0) is 16.6 Å². The highest BCUT2D eigenvalue weighted by molar-refractivity contribution is 7.92. The van der Waals surface area contributed by atoms with Crippen molar-refractivity contribution >= 4 is 21.5 Å². The lowest BCUT2D eigenvalue weighted by Crippen LogP contribution is -2.32. The number of anilines is 1. The maximum atomic E-state index is 14.2. The molecular weight excluding hydrogens is 317 g/mol. The van der Waals surface area contributed by atoms with E-state index in [2.05, 4.69) is 0 Å². The third-order valence-electron chi connectivity index (χ3n) is 3.52. The number of nitrogens with zero attached hydrogens (tertiary/aromatic N) is 1. The molecule has 2 aromatic rings. The fourth-order valence-electron chi connectivity index (χ4n) is 2.15.